The first-order chi connectivity index (χ1) is 9.04. The lowest BCUT2D eigenvalue weighted by molar-refractivity contribution is 0.195. The Morgan fingerprint density at radius 2 is 2.16 bits per heavy atom. The van der Waals surface area contributed by atoms with E-state index in [9.17, 15) is 9.50 Å². The lowest BCUT2D eigenvalue weighted by Gasteiger charge is -2.41. The van der Waals surface area contributed by atoms with Crippen molar-refractivity contribution in [2.45, 2.75) is 32.4 Å². The van der Waals surface area contributed by atoms with Crippen LogP contribution < -0.4 is 4.90 Å². The maximum absolute atomic E-state index is 14.2. The Hall–Kier alpha value is -1.13. The van der Waals surface area contributed by atoms with E-state index in [1.54, 1.807) is 13.0 Å². The molecule has 2 unspecified atom stereocenters. The molecule has 1 N–H and O–H groups in total. The third-order valence-electron chi connectivity index (χ3n) is 4.03. The molecule has 19 heavy (non-hydrogen) atoms. The fraction of sp³-hybridized carbons (Fsp3) is 0.600. The summed E-state index contributed by atoms with van der Waals surface area (Å²) >= 11 is 0. The summed E-state index contributed by atoms with van der Waals surface area (Å²) in [5.74, 6) is -0.238. The second kappa shape index (κ2) is 5.88. The molecule has 4 heteroatoms. The number of hydrogen-bond donors (Lipinski definition) is 1. The van der Waals surface area contributed by atoms with Gasteiger partial charge in [-0.1, -0.05) is 19.1 Å². The van der Waals surface area contributed by atoms with E-state index in [0.717, 1.165) is 26.1 Å². The molecule has 3 nitrogen and oxygen atoms in total. The predicted octanol–water partition coefficient (Wildman–Crippen LogP) is 2.41. The number of para-hydroxylation sites is 1. The second-order valence-corrected chi connectivity index (χ2v) is 5.34. The minimum Gasteiger partial charge on any atom is -0.389 e. The molecule has 106 valence electrons. The average molecular weight is 266 g/mol. The largest absolute Gasteiger partial charge is 0.389 e. The summed E-state index contributed by atoms with van der Waals surface area (Å²) < 4.78 is 14.2. The SMILES string of the molecule is CCC1CN(c2c(F)cccc2C(C)O)CCN1C. The van der Waals surface area contributed by atoms with E-state index in [0.29, 0.717) is 17.3 Å². The highest BCUT2D eigenvalue weighted by atomic mass is 19.1. The summed E-state index contributed by atoms with van der Waals surface area (Å²) in [4.78, 5) is 4.39. The number of rotatable bonds is 3. The molecule has 0 spiro atoms. The Morgan fingerprint density at radius 3 is 2.79 bits per heavy atom. The average Bonchev–Trinajstić information content (AvgIpc) is 2.39. The Morgan fingerprint density at radius 1 is 1.42 bits per heavy atom. The van der Waals surface area contributed by atoms with Gasteiger partial charge in [0.2, 0.25) is 0 Å². The van der Waals surface area contributed by atoms with E-state index in [-0.39, 0.29) is 5.82 Å². The molecule has 0 amide bonds. The van der Waals surface area contributed by atoms with Crippen LogP contribution in [0.2, 0.25) is 0 Å². The molecule has 1 fully saturated rings. The van der Waals surface area contributed by atoms with E-state index < -0.39 is 6.10 Å². The van der Waals surface area contributed by atoms with E-state index >= 15 is 0 Å². The molecule has 1 aromatic rings. The van der Waals surface area contributed by atoms with Crippen LogP contribution in [0.3, 0.4) is 0 Å². The molecule has 1 saturated heterocycles. The van der Waals surface area contributed by atoms with Gasteiger partial charge in [-0.05, 0) is 26.5 Å². The van der Waals surface area contributed by atoms with Gasteiger partial charge in [-0.3, -0.25) is 4.90 Å². The first kappa shape index (κ1) is 14.3. The summed E-state index contributed by atoms with van der Waals surface area (Å²) in [6.07, 6.45) is 0.399. The molecule has 0 aromatic heterocycles. The highest BCUT2D eigenvalue weighted by Crippen LogP contribution is 2.31. The fourth-order valence-corrected chi connectivity index (χ4v) is 2.79. The van der Waals surface area contributed by atoms with Gasteiger partial charge in [-0.15, -0.1) is 0 Å². The van der Waals surface area contributed by atoms with Crippen LogP contribution in [0.25, 0.3) is 0 Å². The minimum absolute atomic E-state index is 0.238. The zero-order valence-corrected chi connectivity index (χ0v) is 11.9. The summed E-state index contributed by atoms with van der Waals surface area (Å²) in [7, 11) is 2.11. The molecular formula is C15H23FN2O. The quantitative estimate of drug-likeness (QED) is 0.910. The number of anilines is 1. The number of nitrogens with zero attached hydrogens (tertiary/aromatic N) is 2. The molecule has 1 aliphatic rings. The zero-order valence-electron chi connectivity index (χ0n) is 11.9. The number of likely N-dealkylation sites (N-methyl/N-ethyl adjacent to an activating group) is 1. The van der Waals surface area contributed by atoms with Crippen molar-refractivity contribution in [3.8, 4) is 0 Å². The standard InChI is InChI=1S/C15H23FN2O/c1-4-12-10-18(9-8-17(12)3)15-13(11(2)19)6-5-7-14(15)16/h5-7,11-12,19H,4,8-10H2,1-3H3. The van der Waals surface area contributed by atoms with Crippen LogP contribution in [0.4, 0.5) is 10.1 Å². The number of aliphatic hydroxyl groups excluding tert-OH is 1. The van der Waals surface area contributed by atoms with Gasteiger partial charge in [0.1, 0.15) is 5.82 Å². The van der Waals surface area contributed by atoms with Gasteiger partial charge < -0.3 is 10.0 Å². The Balaban J connectivity index is 2.31. The van der Waals surface area contributed by atoms with Gasteiger partial charge >= 0.3 is 0 Å². The van der Waals surface area contributed by atoms with Crippen LogP contribution in [0.5, 0.6) is 0 Å². The van der Waals surface area contributed by atoms with E-state index in [1.807, 2.05) is 6.07 Å². The second-order valence-electron chi connectivity index (χ2n) is 5.34. The number of hydrogen-bond acceptors (Lipinski definition) is 3. The zero-order chi connectivity index (χ0) is 14.0. The van der Waals surface area contributed by atoms with Crippen molar-refractivity contribution in [3.63, 3.8) is 0 Å². The van der Waals surface area contributed by atoms with Gasteiger partial charge in [0.05, 0.1) is 11.8 Å². The summed E-state index contributed by atoms with van der Waals surface area (Å²) in [6, 6.07) is 5.38. The normalized spacial score (nSPS) is 22.6. The summed E-state index contributed by atoms with van der Waals surface area (Å²) in [5.41, 5.74) is 1.25. The topological polar surface area (TPSA) is 26.7 Å². The molecule has 2 rings (SSSR count). The summed E-state index contributed by atoms with van der Waals surface area (Å²) in [5, 5.41) is 9.83. The van der Waals surface area contributed by atoms with Gasteiger partial charge in [0, 0.05) is 31.2 Å². The molecule has 1 aliphatic heterocycles. The van der Waals surface area contributed by atoms with Crippen LogP contribution in [-0.4, -0.2) is 42.7 Å². The molecule has 0 bridgehead atoms. The fourth-order valence-electron chi connectivity index (χ4n) is 2.79. The third-order valence-corrected chi connectivity index (χ3v) is 4.03. The molecular weight excluding hydrogens is 243 g/mol. The minimum atomic E-state index is -0.648. The Kier molecular flexibility index (Phi) is 4.42. The highest BCUT2D eigenvalue weighted by Gasteiger charge is 2.26. The predicted molar refractivity (Wildman–Crippen MR) is 76.0 cm³/mol. The number of halogens is 1. The number of aliphatic hydroxyl groups is 1. The lowest BCUT2D eigenvalue weighted by Crippen LogP contribution is -2.51. The van der Waals surface area contributed by atoms with Gasteiger partial charge in [0.25, 0.3) is 0 Å². The smallest absolute Gasteiger partial charge is 0.146 e. The van der Waals surface area contributed by atoms with E-state index in [4.69, 9.17) is 0 Å². The number of piperazine rings is 1. The van der Waals surface area contributed by atoms with E-state index in [2.05, 4.69) is 23.8 Å². The van der Waals surface area contributed by atoms with Crippen LogP contribution in [-0.2, 0) is 0 Å². The maximum atomic E-state index is 14.2. The first-order valence-electron chi connectivity index (χ1n) is 6.96. The molecule has 2 atom stereocenters. The van der Waals surface area contributed by atoms with E-state index in [1.165, 1.54) is 6.07 Å². The van der Waals surface area contributed by atoms with Crippen molar-refractivity contribution < 1.29 is 9.50 Å². The molecule has 1 aromatic carbocycles. The van der Waals surface area contributed by atoms with Crippen LogP contribution >= 0.6 is 0 Å². The van der Waals surface area contributed by atoms with Crippen molar-refractivity contribution in [2.24, 2.45) is 0 Å². The van der Waals surface area contributed by atoms with Crippen molar-refractivity contribution >= 4 is 5.69 Å². The molecule has 0 aliphatic carbocycles. The van der Waals surface area contributed by atoms with Crippen molar-refractivity contribution in [2.75, 3.05) is 31.6 Å². The van der Waals surface area contributed by atoms with Gasteiger partial charge in [-0.2, -0.15) is 0 Å². The third kappa shape index (κ3) is 2.90. The summed E-state index contributed by atoms with van der Waals surface area (Å²) in [6.45, 7) is 6.38. The van der Waals surface area contributed by atoms with Crippen LogP contribution in [0.1, 0.15) is 31.9 Å². The van der Waals surface area contributed by atoms with Crippen LogP contribution in [0.15, 0.2) is 18.2 Å². The van der Waals surface area contributed by atoms with Crippen molar-refractivity contribution in [1.82, 2.24) is 4.90 Å². The monoisotopic (exact) mass is 266 g/mol. The Labute approximate surface area is 114 Å². The highest BCUT2D eigenvalue weighted by molar-refractivity contribution is 5.56. The Bertz CT molecular complexity index is 436. The number of benzene rings is 1. The molecule has 0 radical (unpaired) electrons. The van der Waals surface area contributed by atoms with Gasteiger partial charge in [-0.25, -0.2) is 4.39 Å². The lowest BCUT2D eigenvalue weighted by atomic mass is 10.0. The molecule has 1 heterocycles. The maximum Gasteiger partial charge on any atom is 0.146 e. The van der Waals surface area contributed by atoms with Crippen molar-refractivity contribution in [3.05, 3.63) is 29.6 Å². The van der Waals surface area contributed by atoms with Gasteiger partial charge in [0.15, 0.2) is 0 Å². The van der Waals surface area contributed by atoms with Crippen LogP contribution in [0, 0.1) is 5.82 Å². The van der Waals surface area contributed by atoms with Crippen molar-refractivity contribution in [1.29, 1.82) is 0 Å². The molecule has 0 saturated carbocycles. The first-order valence-corrected chi connectivity index (χ1v) is 6.96.